The van der Waals surface area contributed by atoms with Crippen LogP contribution in [0, 0.1) is 18.7 Å². The fourth-order valence-corrected chi connectivity index (χ4v) is 3.55. The normalized spacial score (nSPS) is 16.6. The summed E-state index contributed by atoms with van der Waals surface area (Å²) in [6, 6.07) is 10.0. The molecule has 29 heavy (non-hydrogen) atoms. The van der Waals surface area contributed by atoms with Crippen molar-refractivity contribution in [2.75, 3.05) is 18.0 Å². The summed E-state index contributed by atoms with van der Waals surface area (Å²) in [5.74, 6) is 1.83. The third-order valence-electron chi connectivity index (χ3n) is 5.12. The highest BCUT2D eigenvalue weighted by Gasteiger charge is 2.27. The molecule has 0 radical (unpaired) electrons. The second-order valence-electron chi connectivity index (χ2n) is 7.29. The summed E-state index contributed by atoms with van der Waals surface area (Å²) in [6.45, 7) is 3.67. The van der Waals surface area contributed by atoms with E-state index in [1.54, 1.807) is 24.5 Å². The second-order valence-corrected chi connectivity index (χ2v) is 7.29. The minimum atomic E-state index is -0.272. The van der Waals surface area contributed by atoms with E-state index < -0.39 is 0 Å². The average molecular weight is 394 g/mol. The van der Waals surface area contributed by atoms with Crippen LogP contribution in [-0.2, 0) is 11.3 Å². The molecule has 0 saturated carbocycles. The van der Waals surface area contributed by atoms with Gasteiger partial charge in [-0.05, 0) is 49.6 Å². The Hall–Kier alpha value is -3.22. The molecule has 1 aromatic carbocycles. The van der Waals surface area contributed by atoms with Gasteiger partial charge in [0, 0.05) is 31.0 Å². The van der Waals surface area contributed by atoms with Gasteiger partial charge in [0.05, 0.1) is 12.5 Å². The summed E-state index contributed by atoms with van der Waals surface area (Å²) in [5.41, 5.74) is 1.69. The standard InChI is InChI=1S/C22H23FN4O2/c1-15-4-9-20(29-15)13-24-21(28)17-3-2-10-27(14-17)22-25-11-18(12-26-22)16-5-7-19(23)8-6-16/h4-9,11-12,17H,2-3,10,13-14H2,1H3,(H,24,28)/t17-/m1/s1. The monoisotopic (exact) mass is 394 g/mol. The largest absolute Gasteiger partial charge is 0.465 e. The predicted molar refractivity (Wildman–Crippen MR) is 108 cm³/mol. The lowest BCUT2D eigenvalue weighted by Gasteiger charge is -2.32. The van der Waals surface area contributed by atoms with Gasteiger partial charge < -0.3 is 14.6 Å². The number of nitrogens with zero attached hydrogens (tertiary/aromatic N) is 3. The molecule has 0 aliphatic carbocycles. The van der Waals surface area contributed by atoms with E-state index in [-0.39, 0.29) is 17.6 Å². The summed E-state index contributed by atoms with van der Waals surface area (Å²) >= 11 is 0. The number of carbonyl (C=O) groups excluding carboxylic acids is 1. The first-order chi connectivity index (χ1) is 14.1. The third kappa shape index (κ3) is 4.62. The third-order valence-corrected chi connectivity index (χ3v) is 5.12. The minimum Gasteiger partial charge on any atom is -0.465 e. The maximum atomic E-state index is 13.1. The summed E-state index contributed by atoms with van der Waals surface area (Å²) < 4.78 is 18.6. The summed E-state index contributed by atoms with van der Waals surface area (Å²) in [5, 5.41) is 2.96. The number of piperidine rings is 1. The number of aryl methyl sites for hydroxylation is 1. The van der Waals surface area contributed by atoms with Crippen LogP contribution < -0.4 is 10.2 Å². The minimum absolute atomic E-state index is 0.0201. The quantitative estimate of drug-likeness (QED) is 0.714. The molecule has 1 fully saturated rings. The van der Waals surface area contributed by atoms with Crippen molar-refractivity contribution in [3.05, 3.63) is 66.1 Å². The number of hydrogen-bond donors (Lipinski definition) is 1. The molecule has 3 aromatic rings. The van der Waals surface area contributed by atoms with E-state index >= 15 is 0 Å². The van der Waals surface area contributed by atoms with Crippen LogP contribution in [0.4, 0.5) is 10.3 Å². The summed E-state index contributed by atoms with van der Waals surface area (Å²) in [4.78, 5) is 23.5. The molecule has 0 unspecified atom stereocenters. The van der Waals surface area contributed by atoms with Gasteiger partial charge in [-0.15, -0.1) is 0 Å². The lowest BCUT2D eigenvalue weighted by molar-refractivity contribution is -0.125. The number of anilines is 1. The van der Waals surface area contributed by atoms with Crippen LogP contribution in [0.2, 0.25) is 0 Å². The molecule has 1 N–H and O–H groups in total. The Morgan fingerprint density at radius 3 is 2.62 bits per heavy atom. The summed E-state index contributed by atoms with van der Waals surface area (Å²) in [7, 11) is 0. The number of benzene rings is 1. The van der Waals surface area contributed by atoms with E-state index in [0.717, 1.165) is 42.0 Å². The number of carbonyl (C=O) groups is 1. The fourth-order valence-electron chi connectivity index (χ4n) is 3.55. The van der Waals surface area contributed by atoms with Crippen molar-refractivity contribution in [1.82, 2.24) is 15.3 Å². The molecule has 150 valence electrons. The first-order valence-electron chi connectivity index (χ1n) is 9.74. The zero-order valence-electron chi connectivity index (χ0n) is 16.3. The molecule has 7 heteroatoms. The lowest BCUT2D eigenvalue weighted by Crippen LogP contribution is -2.43. The van der Waals surface area contributed by atoms with E-state index in [2.05, 4.69) is 15.3 Å². The Morgan fingerprint density at radius 2 is 1.93 bits per heavy atom. The van der Waals surface area contributed by atoms with Gasteiger partial charge >= 0.3 is 0 Å². The van der Waals surface area contributed by atoms with Crippen molar-refractivity contribution in [2.24, 2.45) is 5.92 Å². The van der Waals surface area contributed by atoms with Crippen molar-refractivity contribution < 1.29 is 13.6 Å². The fraction of sp³-hybridized carbons (Fsp3) is 0.318. The van der Waals surface area contributed by atoms with Gasteiger partial charge in [-0.2, -0.15) is 0 Å². The van der Waals surface area contributed by atoms with E-state index in [9.17, 15) is 9.18 Å². The number of halogens is 1. The highest BCUT2D eigenvalue weighted by Crippen LogP contribution is 2.23. The maximum absolute atomic E-state index is 13.1. The van der Waals surface area contributed by atoms with E-state index in [4.69, 9.17) is 4.42 Å². The first kappa shape index (κ1) is 19.1. The molecule has 4 rings (SSSR count). The molecule has 1 atom stereocenters. The molecular formula is C22H23FN4O2. The molecule has 0 bridgehead atoms. The lowest BCUT2D eigenvalue weighted by atomic mass is 9.97. The van der Waals surface area contributed by atoms with E-state index in [1.807, 2.05) is 24.0 Å². The number of aromatic nitrogens is 2. The average Bonchev–Trinajstić information content (AvgIpc) is 3.18. The van der Waals surface area contributed by atoms with Crippen molar-refractivity contribution in [3.63, 3.8) is 0 Å². The molecule has 2 aromatic heterocycles. The Labute approximate surface area is 168 Å². The number of furan rings is 1. The van der Waals surface area contributed by atoms with Crippen LogP contribution in [0.25, 0.3) is 11.1 Å². The second kappa shape index (κ2) is 8.43. The number of nitrogens with one attached hydrogen (secondary N) is 1. The Balaban J connectivity index is 1.37. The Morgan fingerprint density at radius 1 is 1.17 bits per heavy atom. The van der Waals surface area contributed by atoms with Crippen LogP contribution in [0.3, 0.4) is 0 Å². The van der Waals surface area contributed by atoms with Crippen LogP contribution in [0.15, 0.2) is 53.2 Å². The van der Waals surface area contributed by atoms with Gasteiger partial charge in [-0.3, -0.25) is 4.79 Å². The first-order valence-corrected chi connectivity index (χ1v) is 9.74. The van der Waals surface area contributed by atoms with Gasteiger partial charge in [-0.1, -0.05) is 12.1 Å². The van der Waals surface area contributed by atoms with Gasteiger partial charge in [0.25, 0.3) is 0 Å². The highest BCUT2D eigenvalue weighted by atomic mass is 19.1. The molecule has 1 saturated heterocycles. The van der Waals surface area contributed by atoms with E-state index in [1.165, 1.54) is 12.1 Å². The van der Waals surface area contributed by atoms with Crippen molar-refractivity contribution >= 4 is 11.9 Å². The Kier molecular flexibility index (Phi) is 5.55. The zero-order chi connectivity index (χ0) is 20.2. The van der Waals surface area contributed by atoms with Crippen LogP contribution in [0.1, 0.15) is 24.4 Å². The van der Waals surface area contributed by atoms with Gasteiger partial charge in [0.1, 0.15) is 17.3 Å². The predicted octanol–water partition coefficient (Wildman–Crippen LogP) is 3.72. The molecular weight excluding hydrogens is 371 g/mol. The van der Waals surface area contributed by atoms with Crippen molar-refractivity contribution in [2.45, 2.75) is 26.3 Å². The molecule has 1 amide bonds. The SMILES string of the molecule is Cc1ccc(CNC(=O)[C@@H]2CCCN(c3ncc(-c4ccc(F)cc4)cn3)C2)o1. The zero-order valence-corrected chi connectivity index (χ0v) is 16.3. The van der Waals surface area contributed by atoms with Gasteiger partial charge in [-0.25, -0.2) is 14.4 Å². The molecule has 1 aliphatic heterocycles. The molecule has 6 nitrogen and oxygen atoms in total. The maximum Gasteiger partial charge on any atom is 0.225 e. The number of amides is 1. The van der Waals surface area contributed by atoms with Gasteiger partial charge in [0.15, 0.2) is 0 Å². The van der Waals surface area contributed by atoms with E-state index in [0.29, 0.717) is 19.0 Å². The highest BCUT2D eigenvalue weighted by molar-refractivity contribution is 5.79. The van der Waals surface area contributed by atoms with Crippen molar-refractivity contribution in [1.29, 1.82) is 0 Å². The van der Waals surface area contributed by atoms with Crippen molar-refractivity contribution in [3.8, 4) is 11.1 Å². The molecule has 1 aliphatic rings. The topological polar surface area (TPSA) is 71.3 Å². The Bertz CT molecular complexity index is 969. The summed E-state index contributed by atoms with van der Waals surface area (Å²) in [6.07, 6.45) is 5.21. The smallest absolute Gasteiger partial charge is 0.225 e. The molecule has 3 heterocycles. The molecule has 0 spiro atoms. The van der Waals surface area contributed by atoms with Crippen LogP contribution in [0.5, 0.6) is 0 Å². The van der Waals surface area contributed by atoms with Crippen LogP contribution >= 0.6 is 0 Å². The van der Waals surface area contributed by atoms with Crippen LogP contribution in [-0.4, -0.2) is 29.0 Å². The number of rotatable bonds is 5. The number of hydrogen-bond acceptors (Lipinski definition) is 5. The van der Waals surface area contributed by atoms with Gasteiger partial charge in [0.2, 0.25) is 11.9 Å².